The number of rotatable bonds is 5. The topological polar surface area (TPSA) is 106 Å². The first-order valence-corrected chi connectivity index (χ1v) is 10.8. The van der Waals surface area contributed by atoms with Gasteiger partial charge in [-0.05, 0) is 48.9 Å². The van der Waals surface area contributed by atoms with E-state index in [0.717, 1.165) is 28.4 Å². The highest BCUT2D eigenvalue weighted by atomic mass is 32.1. The quantitative estimate of drug-likeness (QED) is 0.253. The van der Waals surface area contributed by atoms with E-state index in [1.54, 1.807) is 31.2 Å². The average molecular weight is 482 g/mol. The molecule has 1 aliphatic rings. The molecule has 1 aromatic heterocycles. The van der Waals surface area contributed by atoms with Crippen molar-refractivity contribution in [3.63, 3.8) is 0 Å². The smallest absolute Gasteiger partial charge is 0.350 e. The van der Waals surface area contributed by atoms with Gasteiger partial charge in [-0.3, -0.25) is 14.5 Å². The summed E-state index contributed by atoms with van der Waals surface area (Å²) in [6, 6.07) is 10.5. The summed E-state index contributed by atoms with van der Waals surface area (Å²) < 4.78 is 23.4. The van der Waals surface area contributed by atoms with Crippen molar-refractivity contribution in [2.75, 3.05) is 19.1 Å². The van der Waals surface area contributed by atoms with Crippen LogP contribution in [0.2, 0.25) is 0 Å². The van der Waals surface area contributed by atoms with Crippen molar-refractivity contribution >= 4 is 39.9 Å². The van der Waals surface area contributed by atoms with Crippen LogP contribution >= 0.6 is 11.3 Å². The van der Waals surface area contributed by atoms with Crippen LogP contribution in [-0.2, 0) is 14.3 Å². The SMILES string of the molecule is COC(=O)c1sc(N2C(=O)C(=O)C(=C(O)c3ccc(F)cc3)[C@@H]2c2ccc(OC)cc2)nc1C. The summed E-state index contributed by atoms with van der Waals surface area (Å²) in [6.45, 7) is 1.59. The van der Waals surface area contributed by atoms with E-state index < -0.39 is 35.3 Å². The van der Waals surface area contributed by atoms with Crippen molar-refractivity contribution in [3.8, 4) is 5.75 Å². The Labute approximate surface area is 197 Å². The van der Waals surface area contributed by atoms with Gasteiger partial charge in [0.25, 0.3) is 5.78 Å². The lowest BCUT2D eigenvalue weighted by Crippen LogP contribution is -2.29. The normalized spacial score (nSPS) is 17.2. The number of carbonyl (C=O) groups is 3. The molecule has 2 aromatic carbocycles. The number of halogens is 1. The van der Waals surface area contributed by atoms with E-state index in [9.17, 15) is 23.9 Å². The zero-order valence-corrected chi connectivity index (χ0v) is 19.2. The maximum atomic E-state index is 13.4. The van der Waals surface area contributed by atoms with Gasteiger partial charge >= 0.3 is 11.9 Å². The predicted octanol–water partition coefficient (Wildman–Crippen LogP) is 4.01. The molecular weight excluding hydrogens is 463 g/mol. The number of benzene rings is 2. The number of aliphatic hydroxyl groups is 1. The third-order valence-corrected chi connectivity index (χ3v) is 6.49. The van der Waals surface area contributed by atoms with Gasteiger partial charge in [0.05, 0.1) is 31.5 Å². The van der Waals surface area contributed by atoms with Crippen LogP contribution in [0.15, 0.2) is 54.1 Å². The number of ketones is 1. The molecule has 1 N–H and O–H groups in total. The Morgan fingerprint density at radius 3 is 2.32 bits per heavy atom. The highest BCUT2D eigenvalue weighted by Gasteiger charge is 2.48. The van der Waals surface area contributed by atoms with E-state index in [1.165, 1.54) is 26.4 Å². The van der Waals surface area contributed by atoms with Gasteiger partial charge in [0.1, 0.15) is 22.2 Å². The number of ether oxygens (including phenoxy) is 2. The number of hydrogen-bond donors (Lipinski definition) is 1. The fourth-order valence-electron chi connectivity index (χ4n) is 3.66. The van der Waals surface area contributed by atoms with E-state index in [2.05, 4.69) is 4.98 Å². The first-order valence-electron chi connectivity index (χ1n) is 10.0. The molecule has 1 saturated heterocycles. The minimum atomic E-state index is -1.05. The standard InChI is InChI=1S/C24H19FN2O6S/c1-12-21(23(31)33-3)34-24(26-12)27-18(13-6-10-16(32-2)11-7-13)17(20(29)22(27)30)19(28)14-4-8-15(25)9-5-14/h4-11,18,28H,1-3H3/t18-/m0/s1. The molecule has 34 heavy (non-hydrogen) atoms. The van der Waals surface area contributed by atoms with Gasteiger partial charge in [-0.1, -0.05) is 23.5 Å². The van der Waals surface area contributed by atoms with Crippen molar-refractivity contribution in [1.29, 1.82) is 0 Å². The van der Waals surface area contributed by atoms with Gasteiger partial charge in [-0.2, -0.15) is 0 Å². The molecular formula is C24H19FN2O6S. The molecule has 1 aliphatic heterocycles. The minimum absolute atomic E-state index is 0.0963. The lowest BCUT2D eigenvalue weighted by atomic mass is 9.95. The summed E-state index contributed by atoms with van der Waals surface area (Å²) in [5, 5.41) is 11.1. The molecule has 10 heteroatoms. The number of thiazole rings is 1. The van der Waals surface area contributed by atoms with E-state index >= 15 is 0 Å². The van der Waals surface area contributed by atoms with E-state index in [4.69, 9.17) is 9.47 Å². The number of amides is 1. The second-order valence-corrected chi connectivity index (χ2v) is 8.33. The maximum Gasteiger partial charge on any atom is 0.350 e. The summed E-state index contributed by atoms with van der Waals surface area (Å²) in [6.07, 6.45) is 0. The second kappa shape index (κ2) is 9.06. The number of aromatic nitrogens is 1. The van der Waals surface area contributed by atoms with Crippen LogP contribution in [0.5, 0.6) is 5.75 Å². The monoisotopic (exact) mass is 482 g/mol. The average Bonchev–Trinajstić information content (AvgIpc) is 3.35. The third-order valence-electron chi connectivity index (χ3n) is 5.36. The van der Waals surface area contributed by atoms with Crippen LogP contribution in [0.1, 0.15) is 32.5 Å². The number of carbonyl (C=O) groups excluding carboxylic acids is 3. The largest absolute Gasteiger partial charge is 0.507 e. The zero-order valence-electron chi connectivity index (χ0n) is 18.4. The molecule has 3 aromatic rings. The Balaban J connectivity index is 1.92. The van der Waals surface area contributed by atoms with Gasteiger partial charge < -0.3 is 14.6 Å². The van der Waals surface area contributed by atoms with Crippen LogP contribution in [0.3, 0.4) is 0 Å². The lowest BCUT2D eigenvalue weighted by molar-refractivity contribution is -0.132. The number of esters is 1. The van der Waals surface area contributed by atoms with Crippen LogP contribution in [0.25, 0.3) is 5.76 Å². The van der Waals surface area contributed by atoms with Crippen LogP contribution < -0.4 is 9.64 Å². The van der Waals surface area contributed by atoms with Crippen molar-refractivity contribution in [3.05, 3.63) is 81.6 Å². The number of nitrogens with zero attached hydrogens (tertiary/aromatic N) is 2. The fraction of sp³-hybridized carbons (Fsp3) is 0.167. The molecule has 0 bridgehead atoms. The molecule has 8 nitrogen and oxygen atoms in total. The summed E-state index contributed by atoms with van der Waals surface area (Å²) in [4.78, 5) is 44.1. The van der Waals surface area contributed by atoms with Gasteiger partial charge in [0.15, 0.2) is 5.13 Å². The molecule has 0 spiro atoms. The van der Waals surface area contributed by atoms with Gasteiger partial charge in [0, 0.05) is 5.56 Å². The Hall–Kier alpha value is -4.05. The molecule has 0 unspecified atom stereocenters. The van der Waals surface area contributed by atoms with E-state index in [0.29, 0.717) is 17.0 Å². The summed E-state index contributed by atoms with van der Waals surface area (Å²) in [5.41, 5.74) is 0.814. The summed E-state index contributed by atoms with van der Waals surface area (Å²) in [5.74, 6) is -2.90. The third kappa shape index (κ3) is 3.92. The second-order valence-electron chi connectivity index (χ2n) is 7.35. The van der Waals surface area contributed by atoms with Crippen molar-refractivity contribution in [1.82, 2.24) is 4.98 Å². The number of Topliss-reactive ketones (excluding diaryl/α,β-unsaturated/α-hetero) is 1. The Morgan fingerprint density at radius 1 is 1.09 bits per heavy atom. The first-order chi connectivity index (χ1) is 16.3. The van der Waals surface area contributed by atoms with E-state index in [-0.39, 0.29) is 21.1 Å². The van der Waals surface area contributed by atoms with Crippen LogP contribution in [0, 0.1) is 12.7 Å². The maximum absolute atomic E-state index is 13.4. The highest BCUT2D eigenvalue weighted by Crippen LogP contribution is 2.44. The molecule has 0 aliphatic carbocycles. The summed E-state index contributed by atoms with van der Waals surface area (Å²) in [7, 11) is 2.73. The molecule has 1 atom stereocenters. The number of aliphatic hydroxyl groups excluding tert-OH is 1. The number of hydrogen-bond acceptors (Lipinski definition) is 8. The Morgan fingerprint density at radius 2 is 1.74 bits per heavy atom. The Bertz CT molecular complexity index is 1310. The van der Waals surface area contributed by atoms with Crippen molar-refractivity contribution in [2.45, 2.75) is 13.0 Å². The summed E-state index contributed by atoms with van der Waals surface area (Å²) >= 11 is 0.902. The molecule has 4 rings (SSSR count). The van der Waals surface area contributed by atoms with Crippen LogP contribution in [0.4, 0.5) is 9.52 Å². The lowest BCUT2D eigenvalue weighted by Gasteiger charge is -2.23. The molecule has 0 radical (unpaired) electrons. The van der Waals surface area contributed by atoms with Gasteiger partial charge in [-0.25, -0.2) is 14.2 Å². The first kappa shape index (κ1) is 23.1. The van der Waals surface area contributed by atoms with E-state index in [1.807, 2.05) is 0 Å². The van der Waals surface area contributed by atoms with Gasteiger partial charge in [-0.15, -0.1) is 0 Å². The predicted molar refractivity (Wildman–Crippen MR) is 122 cm³/mol. The van der Waals surface area contributed by atoms with Gasteiger partial charge in [0.2, 0.25) is 0 Å². The molecule has 1 fully saturated rings. The minimum Gasteiger partial charge on any atom is -0.507 e. The highest BCUT2D eigenvalue weighted by molar-refractivity contribution is 7.17. The molecule has 2 heterocycles. The fourth-order valence-corrected chi connectivity index (χ4v) is 4.67. The molecule has 0 saturated carbocycles. The molecule has 1 amide bonds. The van der Waals surface area contributed by atoms with Crippen molar-refractivity contribution < 1.29 is 33.4 Å². The van der Waals surface area contributed by atoms with Crippen molar-refractivity contribution in [2.24, 2.45) is 0 Å². The number of aryl methyl sites for hydroxylation is 1. The van der Waals surface area contributed by atoms with Crippen LogP contribution in [-0.4, -0.2) is 42.0 Å². The zero-order chi connectivity index (χ0) is 24.6. The number of anilines is 1. The Kier molecular flexibility index (Phi) is 6.16. The number of methoxy groups -OCH3 is 2. The molecule has 174 valence electrons.